The number of amides is 2. The smallest absolute Gasteiger partial charge is 0.248 e. The standard InChI is InChI=1S/C17H16N2O3/c20-16(10-9-15-2-1-11-22-15)18-13-5-7-14(8-6-13)19-17(21)12-3-4-12/h1-2,5-12H,3-4H2,(H,18,20)(H,19,21)/b10-9+. The summed E-state index contributed by atoms with van der Waals surface area (Å²) in [7, 11) is 0. The number of benzene rings is 1. The van der Waals surface area contributed by atoms with Crippen LogP contribution in [0.5, 0.6) is 0 Å². The van der Waals surface area contributed by atoms with Gasteiger partial charge in [-0.15, -0.1) is 0 Å². The van der Waals surface area contributed by atoms with Crippen LogP contribution in [0.3, 0.4) is 0 Å². The molecule has 0 radical (unpaired) electrons. The summed E-state index contributed by atoms with van der Waals surface area (Å²) in [6.45, 7) is 0. The van der Waals surface area contributed by atoms with Crippen molar-refractivity contribution in [3.05, 3.63) is 54.5 Å². The molecule has 0 unspecified atom stereocenters. The quantitative estimate of drug-likeness (QED) is 0.832. The number of furan rings is 1. The van der Waals surface area contributed by atoms with Crippen molar-refractivity contribution >= 4 is 29.3 Å². The molecule has 1 saturated carbocycles. The van der Waals surface area contributed by atoms with Crippen molar-refractivity contribution in [1.29, 1.82) is 0 Å². The number of nitrogens with one attached hydrogen (secondary N) is 2. The highest BCUT2D eigenvalue weighted by Crippen LogP contribution is 2.30. The highest BCUT2D eigenvalue weighted by molar-refractivity contribution is 6.02. The second kappa shape index (κ2) is 6.30. The van der Waals surface area contributed by atoms with Gasteiger partial charge >= 0.3 is 0 Å². The molecule has 5 nitrogen and oxygen atoms in total. The van der Waals surface area contributed by atoms with Gasteiger partial charge in [0.15, 0.2) is 0 Å². The largest absolute Gasteiger partial charge is 0.465 e. The Morgan fingerprint density at radius 2 is 1.73 bits per heavy atom. The highest BCUT2D eigenvalue weighted by atomic mass is 16.3. The first-order valence-electron chi connectivity index (χ1n) is 7.14. The lowest BCUT2D eigenvalue weighted by molar-refractivity contribution is -0.117. The molecule has 3 rings (SSSR count). The number of rotatable bonds is 5. The first-order chi connectivity index (χ1) is 10.7. The van der Waals surface area contributed by atoms with Crippen molar-refractivity contribution in [2.24, 2.45) is 5.92 Å². The molecule has 112 valence electrons. The monoisotopic (exact) mass is 296 g/mol. The van der Waals surface area contributed by atoms with Gasteiger partial charge in [0.2, 0.25) is 11.8 Å². The molecule has 1 aliphatic rings. The normalized spacial score (nSPS) is 14.0. The molecule has 0 atom stereocenters. The fraction of sp³-hybridized carbons (Fsp3) is 0.176. The van der Waals surface area contributed by atoms with Crippen LogP contribution in [-0.4, -0.2) is 11.8 Å². The molecular formula is C17H16N2O3. The van der Waals surface area contributed by atoms with Crippen LogP contribution in [0.1, 0.15) is 18.6 Å². The summed E-state index contributed by atoms with van der Waals surface area (Å²) in [5, 5.41) is 5.59. The number of anilines is 2. The first-order valence-corrected chi connectivity index (χ1v) is 7.14. The SMILES string of the molecule is O=C(/C=C/c1ccco1)Nc1ccc(NC(=O)C2CC2)cc1. The maximum absolute atomic E-state index is 11.8. The predicted molar refractivity (Wildman–Crippen MR) is 84.2 cm³/mol. The van der Waals surface area contributed by atoms with Gasteiger partial charge in [-0.2, -0.15) is 0 Å². The highest BCUT2D eigenvalue weighted by Gasteiger charge is 2.29. The van der Waals surface area contributed by atoms with Gasteiger partial charge in [0, 0.05) is 23.4 Å². The Balaban J connectivity index is 1.53. The minimum absolute atomic E-state index is 0.0677. The third-order valence-electron chi connectivity index (χ3n) is 3.31. The van der Waals surface area contributed by atoms with Gasteiger partial charge in [-0.25, -0.2) is 0 Å². The summed E-state index contributed by atoms with van der Waals surface area (Å²) in [4.78, 5) is 23.4. The maximum atomic E-state index is 11.8. The molecular weight excluding hydrogens is 280 g/mol. The van der Waals surface area contributed by atoms with E-state index in [4.69, 9.17) is 4.42 Å². The van der Waals surface area contributed by atoms with E-state index >= 15 is 0 Å². The Kier molecular flexibility index (Phi) is 4.05. The average Bonchev–Trinajstić information content (AvgIpc) is 3.24. The predicted octanol–water partition coefficient (Wildman–Crippen LogP) is 3.28. The van der Waals surface area contributed by atoms with E-state index in [1.807, 2.05) is 0 Å². The number of carbonyl (C=O) groups is 2. The molecule has 22 heavy (non-hydrogen) atoms. The summed E-state index contributed by atoms with van der Waals surface area (Å²) in [6.07, 6.45) is 6.50. The van der Waals surface area contributed by atoms with Gasteiger partial charge in [-0.1, -0.05) is 0 Å². The minimum Gasteiger partial charge on any atom is -0.465 e. The molecule has 0 aliphatic heterocycles. The number of carbonyl (C=O) groups excluding carboxylic acids is 2. The van der Waals surface area contributed by atoms with Gasteiger partial charge in [0.05, 0.1) is 6.26 Å². The summed E-state index contributed by atoms with van der Waals surface area (Å²) < 4.78 is 5.10. The Hall–Kier alpha value is -2.82. The Morgan fingerprint density at radius 1 is 1.05 bits per heavy atom. The van der Waals surface area contributed by atoms with Crippen LogP contribution in [0.2, 0.25) is 0 Å². The summed E-state index contributed by atoms with van der Waals surface area (Å²) in [5.74, 6) is 0.615. The van der Waals surface area contributed by atoms with Crippen molar-refractivity contribution in [2.45, 2.75) is 12.8 Å². The zero-order valence-corrected chi connectivity index (χ0v) is 11.9. The molecule has 0 spiro atoms. The fourth-order valence-corrected chi connectivity index (χ4v) is 1.95. The number of hydrogen-bond donors (Lipinski definition) is 2. The van der Waals surface area contributed by atoms with E-state index in [1.54, 1.807) is 48.7 Å². The lowest BCUT2D eigenvalue weighted by Gasteiger charge is -2.06. The van der Waals surface area contributed by atoms with Crippen molar-refractivity contribution in [2.75, 3.05) is 10.6 Å². The van der Waals surface area contributed by atoms with E-state index in [9.17, 15) is 9.59 Å². The molecule has 1 fully saturated rings. The van der Waals surface area contributed by atoms with Crippen LogP contribution in [0.15, 0.2) is 53.2 Å². The maximum Gasteiger partial charge on any atom is 0.248 e. The van der Waals surface area contributed by atoms with Gasteiger partial charge in [0.25, 0.3) is 0 Å². The van der Waals surface area contributed by atoms with Crippen LogP contribution in [-0.2, 0) is 9.59 Å². The van der Waals surface area contributed by atoms with Gasteiger partial charge in [-0.05, 0) is 55.3 Å². The van der Waals surface area contributed by atoms with Crippen LogP contribution < -0.4 is 10.6 Å². The Labute approximate surface area is 128 Å². The van der Waals surface area contributed by atoms with E-state index in [0.29, 0.717) is 11.4 Å². The Bertz CT molecular complexity index is 683. The zero-order valence-electron chi connectivity index (χ0n) is 11.9. The van der Waals surface area contributed by atoms with E-state index < -0.39 is 0 Å². The Morgan fingerprint density at radius 3 is 2.32 bits per heavy atom. The first kappa shape index (κ1) is 14.1. The second-order valence-corrected chi connectivity index (χ2v) is 5.18. The number of hydrogen-bond acceptors (Lipinski definition) is 3. The second-order valence-electron chi connectivity index (χ2n) is 5.18. The molecule has 0 bridgehead atoms. The topological polar surface area (TPSA) is 71.3 Å². The van der Waals surface area contributed by atoms with Crippen LogP contribution in [0.25, 0.3) is 6.08 Å². The van der Waals surface area contributed by atoms with Crippen molar-refractivity contribution < 1.29 is 14.0 Å². The van der Waals surface area contributed by atoms with Crippen molar-refractivity contribution in [3.8, 4) is 0 Å². The average molecular weight is 296 g/mol. The fourth-order valence-electron chi connectivity index (χ4n) is 1.95. The van der Waals surface area contributed by atoms with Crippen LogP contribution in [0, 0.1) is 5.92 Å². The van der Waals surface area contributed by atoms with Gasteiger partial charge in [-0.3, -0.25) is 9.59 Å². The molecule has 0 saturated heterocycles. The van der Waals surface area contributed by atoms with Gasteiger partial charge in [0.1, 0.15) is 5.76 Å². The summed E-state index contributed by atoms with van der Waals surface area (Å²) in [6, 6.07) is 10.6. The van der Waals surface area contributed by atoms with E-state index in [1.165, 1.54) is 6.08 Å². The third kappa shape index (κ3) is 3.85. The molecule has 5 heteroatoms. The van der Waals surface area contributed by atoms with Crippen molar-refractivity contribution in [1.82, 2.24) is 0 Å². The molecule has 1 aromatic carbocycles. The van der Waals surface area contributed by atoms with E-state index in [2.05, 4.69) is 10.6 Å². The third-order valence-corrected chi connectivity index (χ3v) is 3.31. The molecule has 2 N–H and O–H groups in total. The van der Waals surface area contributed by atoms with Crippen LogP contribution in [0.4, 0.5) is 11.4 Å². The van der Waals surface area contributed by atoms with Gasteiger partial charge < -0.3 is 15.1 Å². The lowest BCUT2D eigenvalue weighted by atomic mass is 10.2. The molecule has 2 amide bonds. The summed E-state index contributed by atoms with van der Waals surface area (Å²) >= 11 is 0. The van der Waals surface area contributed by atoms with E-state index in [-0.39, 0.29) is 17.7 Å². The van der Waals surface area contributed by atoms with E-state index in [0.717, 1.165) is 18.5 Å². The minimum atomic E-state index is -0.244. The molecule has 2 aromatic rings. The molecule has 1 aliphatic carbocycles. The lowest BCUT2D eigenvalue weighted by Crippen LogP contribution is -2.13. The zero-order chi connectivity index (χ0) is 15.4. The van der Waals surface area contributed by atoms with Crippen molar-refractivity contribution in [3.63, 3.8) is 0 Å². The van der Waals surface area contributed by atoms with Crippen LogP contribution >= 0.6 is 0 Å². The molecule has 1 aromatic heterocycles. The summed E-state index contributed by atoms with van der Waals surface area (Å²) in [5.41, 5.74) is 1.40. The molecule has 1 heterocycles.